The second kappa shape index (κ2) is 9.92. The third-order valence-electron chi connectivity index (χ3n) is 5.21. The molecule has 3 heterocycles. The van der Waals surface area contributed by atoms with Gasteiger partial charge < -0.3 is 10.6 Å². The van der Waals surface area contributed by atoms with E-state index in [4.69, 9.17) is 0 Å². The summed E-state index contributed by atoms with van der Waals surface area (Å²) in [6.07, 6.45) is 2.94. The molecule has 1 saturated heterocycles. The maximum atomic E-state index is 13.4. The second-order valence-electron chi connectivity index (χ2n) is 7.47. The van der Waals surface area contributed by atoms with E-state index in [1.54, 1.807) is 23.7 Å². The van der Waals surface area contributed by atoms with E-state index >= 15 is 0 Å². The number of carbonyl (C=O) groups excluding carboxylic acids is 2. The van der Waals surface area contributed by atoms with E-state index in [-0.39, 0.29) is 24.3 Å². The van der Waals surface area contributed by atoms with E-state index in [1.165, 1.54) is 17.4 Å². The zero-order valence-electron chi connectivity index (χ0n) is 17.1. The fourth-order valence-corrected chi connectivity index (χ4v) is 4.24. The zero-order valence-corrected chi connectivity index (χ0v) is 17.9. The van der Waals surface area contributed by atoms with E-state index < -0.39 is 11.6 Å². The number of benzene rings is 1. The summed E-state index contributed by atoms with van der Waals surface area (Å²) >= 11 is 1.21. The van der Waals surface area contributed by atoms with E-state index in [2.05, 4.69) is 20.6 Å². The van der Waals surface area contributed by atoms with Crippen LogP contribution in [0.25, 0.3) is 11.3 Å². The highest BCUT2D eigenvalue weighted by atomic mass is 32.1. The first kappa shape index (κ1) is 22.0. The van der Waals surface area contributed by atoms with E-state index in [0.29, 0.717) is 48.1 Å². The lowest BCUT2D eigenvalue weighted by atomic mass is 9.96. The van der Waals surface area contributed by atoms with Crippen LogP contribution >= 0.6 is 11.3 Å². The Labute approximate surface area is 187 Å². The molecule has 7 nitrogen and oxygen atoms in total. The quantitative estimate of drug-likeness (QED) is 0.588. The molecular formula is C22H21F2N5O2S. The van der Waals surface area contributed by atoms with Gasteiger partial charge in [0.2, 0.25) is 11.8 Å². The van der Waals surface area contributed by atoms with Crippen LogP contribution in [0.5, 0.6) is 0 Å². The SMILES string of the molecule is O=C(CN1CCC(C(=O)Nc2ccccn2)CC1)Nc1nc(-c2ccc(F)c(F)c2)cs1. The molecule has 1 fully saturated rings. The highest BCUT2D eigenvalue weighted by Crippen LogP contribution is 2.26. The molecule has 2 amide bonds. The lowest BCUT2D eigenvalue weighted by molar-refractivity contribution is -0.121. The van der Waals surface area contributed by atoms with Crippen molar-refractivity contribution < 1.29 is 18.4 Å². The van der Waals surface area contributed by atoms with Crippen LogP contribution in [0, 0.1) is 17.6 Å². The molecule has 2 aromatic heterocycles. The molecule has 1 aliphatic rings. The third kappa shape index (κ3) is 5.51. The number of nitrogens with zero attached hydrogens (tertiary/aromatic N) is 3. The van der Waals surface area contributed by atoms with Crippen LogP contribution in [0.3, 0.4) is 0 Å². The molecule has 0 saturated carbocycles. The Morgan fingerprint density at radius 3 is 2.62 bits per heavy atom. The van der Waals surface area contributed by atoms with Crippen molar-refractivity contribution in [3.05, 3.63) is 59.6 Å². The number of carbonyl (C=O) groups is 2. The number of likely N-dealkylation sites (tertiary alicyclic amines) is 1. The molecule has 4 rings (SSSR count). The van der Waals surface area contributed by atoms with Crippen molar-refractivity contribution in [2.45, 2.75) is 12.8 Å². The van der Waals surface area contributed by atoms with Gasteiger partial charge in [-0.25, -0.2) is 18.7 Å². The fourth-order valence-electron chi connectivity index (χ4n) is 3.50. The molecule has 2 N–H and O–H groups in total. The molecule has 1 aliphatic heterocycles. The van der Waals surface area contributed by atoms with E-state index in [1.807, 2.05) is 11.0 Å². The molecule has 32 heavy (non-hydrogen) atoms. The number of pyridine rings is 1. The van der Waals surface area contributed by atoms with Crippen molar-refractivity contribution in [3.8, 4) is 11.3 Å². The van der Waals surface area contributed by atoms with Crippen LogP contribution in [0.4, 0.5) is 19.7 Å². The van der Waals surface area contributed by atoms with E-state index in [9.17, 15) is 18.4 Å². The summed E-state index contributed by atoms with van der Waals surface area (Å²) < 4.78 is 26.5. The van der Waals surface area contributed by atoms with Crippen molar-refractivity contribution in [2.24, 2.45) is 5.92 Å². The molecule has 3 aromatic rings. The van der Waals surface area contributed by atoms with Gasteiger partial charge in [-0.3, -0.25) is 14.5 Å². The van der Waals surface area contributed by atoms with Crippen LogP contribution in [0.15, 0.2) is 48.0 Å². The fraction of sp³-hybridized carbons (Fsp3) is 0.273. The lowest BCUT2D eigenvalue weighted by Gasteiger charge is -2.30. The summed E-state index contributed by atoms with van der Waals surface area (Å²) in [4.78, 5) is 35.2. The predicted octanol–water partition coefficient (Wildman–Crippen LogP) is 3.77. The largest absolute Gasteiger partial charge is 0.310 e. The van der Waals surface area contributed by atoms with Gasteiger partial charge >= 0.3 is 0 Å². The first-order chi connectivity index (χ1) is 15.5. The van der Waals surface area contributed by atoms with Crippen LogP contribution < -0.4 is 10.6 Å². The number of nitrogens with one attached hydrogen (secondary N) is 2. The standard InChI is InChI=1S/C22H21F2N5O2S/c23-16-5-4-15(11-17(16)24)18-13-32-22(26-18)28-20(30)12-29-9-6-14(7-10-29)21(31)27-19-3-1-2-8-25-19/h1-5,8,11,13-14H,6-7,9-10,12H2,(H,25,27,31)(H,26,28,30). The van der Waals surface area contributed by atoms with Crippen LogP contribution in [0.1, 0.15) is 12.8 Å². The van der Waals surface area contributed by atoms with Crippen LogP contribution in [0.2, 0.25) is 0 Å². The highest BCUT2D eigenvalue weighted by Gasteiger charge is 2.26. The Morgan fingerprint density at radius 1 is 1.09 bits per heavy atom. The van der Waals surface area contributed by atoms with Gasteiger partial charge in [-0.05, 0) is 56.3 Å². The Morgan fingerprint density at radius 2 is 1.91 bits per heavy atom. The molecule has 1 aromatic carbocycles. The number of piperidine rings is 1. The normalized spacial score (nSPS) is 14.8. The Bertz CT molecular complexity index is 1100. The summed E-state index contributed by atoms with van der Waals surface area (Å²) in [5, 5.41) is 7.63. The van der Waals surface area contributed by atoms with E-state index in [0.717, 1.165) is 12.1 Å². The average molecular weight is 458 g/mol. The summed E-state index contributed by atoms with van der Waals surface area (Å²) in [6, 6.07) is 8.90. The minimum absolute atomic E-state index is 0.0552. The number of halogens is 2. The van der Waals surface area contributed by atoms with Gasteiger partial charge in [0.15, 0.2) is 16.8 Å². The zero-order chi connectivity index (χ0) is 22.5. The van der Waals surface area contributed by atoms with Gasteiger partial charge in [0.25, 0.3) is 0 Å². The number of hydrogen-bond donors (Lipinski definition) is 2. The first-order valence-electron chi connectivity index (χ1n) is 10.1. The van der Waals surface area contributed by atoms with Crippen molar-refractivity contribution in [3.63, 3.8) is 0 Å². The topological polar surface area (TPSA) is 87.2 Å². The monoisotopic (exact) mass is 457 g/mol. The number of amides is 2. The van der Waals surface area contributed by atoms with Gasteiger partial charge in [-0.1, -0.05) is 6.07 Å². The smallest absolute Gasteiger partial charge is 0.240 e. The maximum Gasteiger partial charge on any atom is 0.240 e. The molecule has 0 spiro atoms. The van der Waals surface area contributed by atoms with Crippen molar-refractivity contribution in [1.82, 2.24) is 14.9 Å². The molecule has 10 heteroatoms. The minimum Gasteiger partial charge on any atom is -0.310 e. The maximum absolute atomic E-state index is 13.4. The van der Waals surface area contributed by atoms with Crippen LogP contribution in [-0.4, -0.2) is 46.3 Å². The summed E-state index contributed by atoms with van der Waals surface area (Å²) in [7, 11) is 0. The first-order valence-corrected chi connectivity index (χ1v) is 11.0. The summed E-state index contributed by atoms with van der Waals surface area (Å²) in [6.45, 7) is 1.45. The van der Waals surface area contributed by atoms with Gasteiger partial charge in [-0.15, -0.1) is 11.3 Å². The van der Waals surface area contributed by atoms with Crippen molar-refractivity contribution in [2.75, 3.05) is 30.3 Å². The average Bonchev–Trinajstić information content (AvgIpc) is 3.25. The Hall–Kier alpha value is -3.24. The Kier molecular flexibility index (Phi) is 6.81. The third-order valence-corrected chi connectivity index (χ3v) is 5.97. The number of aromatic nitrogens is 2. The molecule has 0 radical (unpaired) electrons. The number of anilines is 2. The summed E-state index contributed by atoms with van der Waals surface area (Å²) in [5.41, 5.74) is 0.899. The van der Waals surface area contributed by atoms with Gasteiger partial charge in [0.05, 0.1) is 12.2 Å². The van der Waals surface area contributed by atoms with Gasteiger partial charge in [-0.2, -0.15) is 0 Å². The number of hydrogen-bond acceptors (Lipinski definition) is 6. The number of thiazole rings is 1. The molecular weight excluding hydrogens is 436 g/mol. The minimum atomic E-state index is -0.946. The highest BCUT2D eigenvalue weighted by molar-refractivity contribution is 7.14. The predicted molar refractivity (Wildman–Crippen MR) is 118 cm³/mol. The molecule has 0 aliphatic carbocycles. The molecule has 0 bridgehead atoms. The van der Waals surface area contributed by atoms with Crippen molar-refractivity contribution in [1.29, 1.82) is 0 Å². The molecule has 166 valence electrons. The van der Waals surface area contributed by atoms with Gasteiger partial charge in [0, 0.05) is 23.1 Å². The summed E-state index contributed by atoms with van der Waals surface area (Å²) in [5.74, 6) is -1.72. The lowest BCUT2D eigenvalue weighted by Crippen LogP contribution is -2.41. The number of rotatable bonds is 6. The Balaban J connectivity index is 1.24. The second-order valence-corrected chi connectivity index (χ2v) is 8.33. The molecule has 0 atom stereocenters. The van der Waals surface area contributed by atoms with Crippen molar-refractivity contribution >= 4 is 34.1 Å². The van der Waals surface area contributed by atoms with Gasteiger partial charge in [0.1, 0.15) is 5.82 Å². The molecule has 0 unspecified atom stereocenters. The van der Waals surface area contributed by atoms with Crippen LogP contribution in [-0.2, 0) is 9.59 Å².